The lowest BCUT2D eigenvalue weighted by Gasteiger charge is -2.41. The van der Waals surface area contributed by atoms with Crippen LogP contribution < -0.4 is 5.06 Å². The third-order valence-electron chi connectivity index (χ3n) is 4.90. The molecule has 1 aliphatic heterocycles. The van der Waals surface area contributed by atoms with Crippen LogP contribution in [-0.2, 0) is 10.7 Å². The summed E-state index contributed by atoms with van der Waals surface area (Å²) in [6.45, 7) is 0. The van der Waals surface area contributed by atoms with Gasteiger partial charge in [-0.05, 0) is 29.3 Å². The average molecular weight is 356 g/mol. The van der Waals surface area contributed by atoms with Crippen LogP contribution in [0.1, 0.15) is 16.7 Å². The van der Waals surface area contributed by atoms with E-state index in [1.807, 2.05) is 84.9 Å². The van der Waals surface area contributed by atoms with Crippen molar-refractivity contribution >= 4 is 34.5 Å². The summed E-state index contributed by atoms with van der Waals surface area (Å²) in [6, 6.07) is 23.5. The highest BCUT2D eigenvalue weighted by Gasteiger charge is 2.42. The number of rotatable bonds is 2. The zero-order valence-corrected chi connectivity index (χ0v) is 14.6. The minimum absolute atomic E-state index is 0.611. The van der Waals surface area contributed by atoms with Gasteiger partial charge in [0.05, 0.1) is 17.4 Å². The standard InChI is InChI=1S/C21H14N3OS/c25-24-19-12-11-18-20(23-26-22-18)17(19)13-14-21(24,15-7-3-1-4-8-15)16-9-5-2-6-10-16/h1-14H. The Kier molecular flexibility index (Phi) is 3.38. The van der Waals surface area contributed by atoms with E-state index in [1.54, 1.807) is 0 Å². The second kappa shape index (κ2) is 5.76. The van der Waals surface area contributed by atoms with E-state index in [2.05, 4.69) is 8.75 Å². The Morgan fingerprint density at radius 1 is 0.808 bits per heavy atom. The van der Waals surface area contributed by atoms with Gasteiger partial charge in [0.2, 0.25) is 0 Å². The van der Waals surface area contributed by atoms with Crippen LogP contribution in [0.5, 0.6) is 0 Å². The largest absolute Gasteiger partial charge is 0.201 e. The van der Waals surface area contributed by atoms with Gasteiger partial charge in [-0.25, -0.2) is 5.06 Å². The molecular formula is C21H14N3OS. The molecule has 2 heterocycles. The second-order valence-electron chi connectivity index (χ2n) is 6.26. The summed E-state index contributed by atoms with van der Waals surface area (Å²) in [6.07, 6.45) is 3.99. The SMILES string of the molecule is [O]N1c2ccc3nsnc3c2C=CC1(c1ccccc1)c1ccccc1. The first-order valence-electron chi connectivity index (χ1n) is 8.33. The molecule has 4 nitrogen and oxygen atoms in total. The molecule has 125 valence electrons. The lowest BCUT2D eigenvalue weighted by molar-refractivity contribution is 0.113. The molecule has 0 fully saturated rings. The molecule has 5 heteroatoms. The first-order valence-corrected chi connectivity index (χ1v) is 9.07. The van der Waals surface area contributed by atoms with E-state index >= 15 is 0 Å². The fourth-order valence-electron chi connectivity index (χ4n) is 3.64. The summed E-state index contributed by atoms with van der Waals surface area (Å²) in [7, 11) is 0. The zero-order chi connectivity index (χ0) is 17.6. The summed E-state index contributed by atoms with van der Waals surface area (Å²) in [5.41, 5.74) is 3.98. The summed E-state index contributed by atoms with van der Waals surface area (Å²) in [5, 5.41) is 14.8. The maximum Gasteiger partial charge on any atom is 0.139 e. The van der Waals surface area contributed by atoms with Crippen molar-refractivity contribution in [2.45, 2.75) is 5.54 Å². The van der Waals surface area contributed by atoms with Crippen molar-refractivity contribution < 1.29 is 5.21 Å². The van der Waals surface area contributed by atoms with Gasteiger partial charge in [0.25, 0.3) is 0 Å². The minimum Gasteiger partial charge on any atom is -0.201 e. The quantitative estimate of drug-likeness (QED) is 0.518. The lowest BCUT2D eigenvalue weighted by Crippen LogP contribution is -2.44. The molecule has 26 heavy (non-hydrogen) atoms. The van der Waals surface area contributed by atoms with Crippen LogP contribution in [0.25, 0.3) is 17.1 Å². The molecular weight excluding hydrogens is 342 g/mol. The van der Waals surface area contributed by atoms with Crippen molar-refractivity contribution in [3.05, 3.63) is 95.6 Å². The predicted molar refractivity (Wildman–Crippen MR) is 103 cm³/mol. The Bertz CT molecular complexity index is 1070. The van der Waals surface area contributed by atoms with Crippen molar-refractivity contribution in [3.63, 3.8) is 0 Å². The van der Waals surface area contributed by atoms with Gasteiger partial charge in [0, 0.05) is 5.56 Å². The van der Waals surface area contributed by atoms with E-state index < -0.39 is 5.54 Å². The molecule has 1 aliphatic rings. The molecule has 0 aliphatic carbocycles. The summed E-state index contributed by atoms with van der Waals surface area (Å²) in [5.74, 6) is 0. The Labute approximate surface area is 154 Å². The first-order chi connectivity index (χ1) is 12.8. The van der Waals surface area contributed by atoms with Crippen molar-refractivity contribution in [2.75, 3.05) is 5.06 Å². The number of anilines is 1. The molecule has 1 aromatic heterocycles. The van der Waals surface area contributed by atoms with Gasteiger partial charge in [-0.1, -0.05) is 71.9 Å². The number of fused-ring (bicyclic) bond motifs is 3. The van der Waals surface area contributed by atoms with E-state index in [0.717, 1.165) is 32.8 Å². The molecule has 0 spiro atoms. The van der Waals surface area contributed by atoms with E-state index in [9.17, 15) is 5.21 Å². The number of hydrogen-bond donors (Lipinski definition) is 0. The Morgan fingerprint density at radius 3 is 2.12 bits per heavy atom. The van der Waals surface area contributed by atoms with Gasteiger partial charge in [-0.2, -0.15) is 8.75 Å². The van der Waals surface area contributed by atoms with Crippen LogP contribution in [0, 0.1) is 0 Å². The van der Waals surface area contributed by atoms with Crippen LogP contribution in [0.4, 0.5) is 5.69 Å². The van der Waals surface area contributed by atoms with E-state index in [1.165, 1.54) is 11.7 Å². The fraction of sp³-hybridized carbons (Fsp3) is 0.0476. The van der Waals surface area contributed by atoms with Crippen molar-refractivity contribution in [1.82, 2.24) is 8.75 Å². The van der Waals surface area contributed by atoms with E-state index in [0.29, 0.717) is 5.69 Å². The topological polar surface area (TPSA) is 48.9 Å². The number of aromatic nitrogens is 2. The monoisotopic (exact) mass is 356 g/mol. The highest BCUT2D eigenvalue weighted by Crippen LogP contribution is 2.45. The maximum atomic E-state index is 13.7. The van der Waals surface area contributed by atoms with Crippen LogP contribution in [-0.4, -0.2) is 8.75 Å². The number of benzene rings is 3. The van der Waals surface area contributed by atoms with Crippen LogP contribution in [0.3, 0.4) is 0 Å². The predicted octanol–water partition coefficient (Wildman–Crippen LogP) is 4.81. The maximum absolute atomic E-state index is 13.7. The highest BCUT2D eigenvalue weighted by molar-refractivity contribution is 7.00. The van der Waals surface area contributed by atoms with Crippen LogP contribution in [0.15, 0.2) is 78.9 Å². The summed E-state index contributed by atoms with van der Waals surface area (Å²) >= 11 is 1.17. The molecule has 1 radical (unpaired) electrons. The number of hydrogen-bond acceptors (Lipinski definition) is 4. The molecule has 0 saturated heterocycles. The molecule has 4 aromatic rings. The second-order valence-corrected chi connectivity index (χ2v) is 6.78. The molecule has 5 rings (SSSR count). The molecule has 0 unspecified atom stereocenters. The summed E-state index contributed by atoms with van der Waals surface area (Å²) < 4.78 is 8.65. The van der Waals surface area contributed by atoms with Crippen molar-refractivity contribution in [3.8, 4) is 0 Å². The smallest absolute Gasteiger partial charge is 0.139 e. The van der Waals surface area contributed by atoms with Gasteiger partial charge in [-0.3, -0.25) is 0 Å². The Morgan fingerprint density at radius 2 is 1.46 bits per heavy atom. The molecule has 0 N–H and O–H groups in total. The molecule has 0 amide bonds. The molecule has 0 bridgehead atoms. The third-order valence-corrected chi connectivity index (χ3v) is 5.44. The number of hydroxylamine groups is 1. The lowest BCUT2D eigenvalue weighted by atomic mass is 9.79. The van der Waals surface area contributed by atoms with Crippen LogP contribution in [0.2, 0.25) is 0 Å². The third kappa shape index (κ3) is 2.05. The van der Waals surface area contributed by atoms with Crippen molar-refractivity contribution in [1.29, 1.82) is 0 Å². The van der Waals surface area contributed by atoms with Gasteiger partial charge in [0.15, 0.2) is 0 Å². The normalized spacial score (nSPS) is 15.2. The van der Waals surface area contributed by atoms with Gasteiger partial charge < -0.3 is 0 Å². The Balaban J connectivity index is 1.80. The minimum atomic E-state index is -0.910. The van der Waals surface area contributed by atoms with Gasteiger partial charge >= 0.3 is 0 Å². The highest BCUT2D eigenvalue weighted by atomic mass is 32.1. The van der Waals surface area contributed by atoms with Gasteiger partial charge in [0.1, 0.15) is 16.6 Å². The average Bonchev–Trinajstić information content (AvgIpc) is 3.19. The van der Waals surface area contributed by atoms with E-state index in [-0.39, 0.29) is 0 Å². The molecule has 0 atom stereocenters. The summed E-state index contributed by atoms with van der Waals surface area (Å²) in [4.78, 5) is 0. The van der Waals surface area contributed by atoms with Crippen molar-refractivity contribution in [2.24, 2.45) is 0 Å². The van der Waals surface area contributed by atoms with Gasteiger partial charge in [-0.15, -0.1) is 0 Å². The fourth-order valence-corrected chi connectivity index (χ4v) is 4.19. The number of nitrogens with zero attached hydrogens (tertiary/aromatic N) is 3. The Hall–Kier alpha value is -3.02. The zero-order valence-electron chi connectivity index (χ0n) is 13.7. The first kappa shape index (κ1) is 15.3. The molecule has 0 saturated carbocycles. The molecule has 3 aromatic carbocycles. The van der Waals surface area contributed by atoms with E-state index in [4.69, 9.17) is 0 Å². The van der Waals surface area contributed by atoms with Crippen LogP contribution >= 0.6 is 11.7 Å².